The Balaban J connectivity index is 1.81. The van der Waals surface area contributed by atoms with Crippen LogP contribution < -0.4 is 4.72 Å². The van der Waals surface area contributed by atoms with Crippen molar-refractivity contribution in [1.29, 1.82) is 0 Å². The fraction of sp³-hybridized carbons (Fsp3) is 0.529. The summed E-state index contributed by atoms with van der Waals surface area (Å²) >= 11 is 5.72. The third kappa shape index (κ3) is 6.66. The Morgan fingerprint density at radius 1 is 1.31 bits per heavy atom. The summed E-state index contributed by atoms with van der Waals surface area (Å²) in [6.07, 6.45) is -1.03. The number of sulfonamides is 1. The lowest BCUT2D eigenvalue weighted by Gasteiger charge is -2.26. The van der Waals surface area contributed by atoms with Crippen LogP contribution in [0.2, 0.25) is 5.02 Å². The van der Waals surface area contributed by atoms with Crippen LogP contribution in [0.4, 0.5) is 0 Å². The average molecular weight is 467 g/mol. The van der Waals surface area contributed by atoms with Crippen LogP contribution >= 0.6 is 11.6 Å². The maximum absolute atomic E-state index is 12.4. The molecule has 1 fully saturated rings. The van der Waals surface area contributed by atoms with Crippen LogP contribution in [0.3, 0.4) is 0 Å². The summed E-state index contributed by atoms with van der Waals surface area (Å²) in [4.78, 5) is 25.6. The molecule has 1 aromatic carbocycles. The lowest BCUT2D eigenvalue weighted by atomic mass is 10.2. The Morgan fingerprint density at radius 3 is 2.48 bits per heavy atom. The van der Waals surface area contributed by atoms with E-state index < -0.39 is 43.9 Å². The Kier molecular flexibility index (Phi) is 7.66. The van der Waals surface area contributed by atoms with Crippen molar-refractivity contribution in [3.8, 4) is 0 Å². The molecule has 1 heterocycles. The largest absolute Gasteiger partial charge is 0.452 e. The Morgan fingerprint density at radius 2 is 1.93 bits per heavy atom. The average Bonchev–Trinajstić information content (AvgIpc) is 3.00. The van der Waals surface area contributed by atoms with Crippen molar-refractivity contribution in [2.75, 3.05) is 25.1 Å². The van der Waals surface area contributed by atoms with E-state index in [0.29, 0.717) is 11.4 Å². The van der Waals surface area contributed by atoms with Gasteiger partial charge in [-0.1, -0.05) is 11.6 Å². The summed E-state index contributed by atoms with van der Waals surface area (Å²) < 4.78 is 54.7. The molecule has 1 aliphatic rings. The topological polar surface area (TPSA) is 127 Å². The molecule has 2 atom stereocenters. The minimum atomic E-state index is -3.80. The van der Waals surface area contributed by atoms with Crippen LogP contribution in [0.25, 0.3) is 0 Å². The zero-order chi connectivity index (χ0) is 21.8. The molecule has 1 saturated heterocycles. The Hall–Kier alpha value is -1.69. The van der Waals surface area contributed by atoms with Crippen molar-refractivity contribution in [2.45, 2.75) is 36.8 Å². The minimum absolute atomic E-state index is 0.00644. The second-order valence-electron chi connectivity index (χ2n) is 6.74. The first-order valence-electron chi connectivity index (χ1n) is 8.83. The van der Waals surface area contributed by atoms with Gasteiger partial charge in [-0.3, -0.25) is 9.59 Å². The second-order valence-corrected chi connectivity index (χ2v) is 11.2. The van der Waals surface area contributed by atoms with Gasteiger partial charge in [0.1, 0.15) is 0 Å². The highest BCUT2D eigenvalue weighted by atomic mass is 35.5. The molecular formula is C17H23ClN2O7S2. The normalized spacial score (nSPS) is 19.5. The predicted molar refractivity (Wildman–Crippen MR) is 107 cm³/mol. The van der Waals surface area contributed by atoms with Gasteiger partial charge < -0.3 is 9.64 Å². The first-order valence-corrected chi connectivity index (χ1v) is 12.5. The molecule has 1 aliphatic heterocycles. The van der Waals surface area contributed by atoms with Crippen molar-refractivity contribution in [2.24, 2.45) is 0 Å². The van der Waals surface area contributed by atoms with Crippen molar-refractivity contribution >= 4 is 43.3 Å². The lowest BCUT2D eigenvalue weighted by molar-refractivity contribution is -0.159. The number of carbonyl (C=O) groups is 2. The number of hydrogen-bond acceptors (Lipinski definition) is 7. The number of amides is 1. The third-order valence-corrected chi connectivity index (χ3v) is 7.98. The zero-order valence-electron chi connectivity index (χ0n) is 16.0. The van der Waals surface area contributed by atoms with E-state index in [1.54, 1.807) is 0 Å². The molecule has 12 heteroatoms. The van der Waals surface area contributed by atoms with Crippen LogP contribution in [0.1, 0.15) is 19.8 Å². The van der Waals surface area contributed by atoms with Crippen molar-refractivity contribution < 1.29 is 31.2 Å². The molecule has 2 unspecified atom stereocenters. The van der Waals surface area contributed by atoms with E-state index in [9.17, 15) is 26.4 Å². The number of likely N-dealkylation sites (N-methyl/N-ethyl adjacent to an activating group) is 1. The number of nitrogens with one attached hydrogen (secondary N) is 1. The van der Waals surface area contributed by atoms with E-state index in [1.807, 2.05) is 0 Å². The number of benzene rings is 1. The molecule has 1 aromatic rings. The van der Waals surface area contributed by atoms with Crippen LogP contribution in [0.15, 0.2) is 29.2 Å². The lowest BCUT2D eigenvalue weighted by Crippen LogP contribution is -2.44. The van der Waals surface area contributed by atoms with Gasteiger partial charge in [0.15, 0.2) is 15.9 Å². The molecule has 0 bridgehead atoms. The van der Waals surface area contributed by atoms with E-state index >= 15 is 0 Å². The van der Waals surface area contributed by atoms with Gasteiger partial charge in [0.05, 0.1) is 22.8 Å². The number of halogens is 1. The molecule has 0 aromatic heterocycles. The van der Waals surface area contributed by atoms with Gasteiger partial charge in [-0.15, -0.1) is 0 Å². The fourth-order valence-electron chi connectivity index (χ4n) is 2.84. The summed E-state index contributed by atoms with van der Waals surface area (Å²) in [6, 6.07) is 5.10. The first-order chi connectivity index (χ1) is 13.4. The number of rotatable bonds is 8. The van der Waals surface area contributed by atoms with Crippen LogP contribution in [0, 0.1) is 0 Å². The van der Waals surface area contributed by atoms with E-state index in [2.05, 4.69) is 4.72 Å². The van der Waals surface area contributed by atoms with E-state index in [4.69, 9.17) is 16.3 Å². The predicted octanol–water partition coefficient (Wildman–Crippen LogP) is 0.586. The van der Waals surface area contributed by atoms with Gasteiger partial charge in [-0.05, 0) is 37.6 Å². The third-order valence-electron chi connectivity index (χ3n) is 4.50. The molecule has 1 N–H and O–H groups in total. The summed E-state index contributed by atoms with van der Waals surface area (Å²) in [6.45, 7) is 1.18. The van der Waals surface area contributed by atoms with Gasteiger partial charge in [-0.2, -0.15) is 0 Å². The molecule has 0 spiro atoms. The molecule has 29 heavy (non-hydrogen) atoms. The van der Waals surface area contributed by atoms with Crippen molar-refractivity contribution in [3.63, 3.8) is 0 Å². The highest BCUT2D eigenvalue weighted by Gasteiger charge is 2.34. The zero-order valence-corrected chi connectivity index (χ0v) is 18.4. The monoisotopic (exact) mass is 466 g/mol. The Bertz CT molecular complexity index is 962. The van der Waals surface area contributed by atoms with Gasteiger partial charge in [-0.25, -0.2) is 21.6 Å². The number of ether oxygens (including phenoxy) is 1. The maximum Gasteiger partial charge on any atom is 0.307 e. The smallest absolute Gasteiger partial charge is 0.307 e. The quantitative estimate of drug-likeness (QED) is 0.555. The second kappa shape index (κ2) is 9.41. The first kappa shape index (κ1) is 23.6. The van der Waals surface area contributed by atoms with Gasteiger partial charge >= 0.3 is 5.97 Å². The van der Waals surface area contributed by atoms with E-state index in [-0.39, 0.29) is 29.4 Å². The van der Waals surface area contributed by atoms with E-state index in [0.717, 1.165) is 0 Å². The van der Waals surface area contributed by atoms with Gasteiger partial charge in [0, 0.05) is 24.7 Å². The SMILES string of the molecule is CC(OC(=O)CCNS(=O)(=O)c1ccc(Cl)cc1)C(=O)N(C)C1CCS(=O)(=O)C1. The molecule has 2 rings (SSSR count). The summed E-state index contributed by atoms with van der Waals surface area (Å²) in [5.74, 6) is -1.35. The van der Waals surface area contributed by atoms with Crippen LogP contribution in [0.5, 0.6) is 0 Å². The number of esters is 1. The van der Waals surface area contributed by atoms with Crippen LogP contribution in [-0.4, -0.2) is 70.9 Å². The summed E-state index contributed by atoms with van der Waals surface area (Å²) in [7, 11) is -5.48. The molecule has 1 amide bonds. The fourth-order valence-corrected chi connectivity index (χ4v) is 5.77. The molecule has 162 valence electrons. The van der Waals surface area contributed by atoms with Gasteiger partial charge in [0.25, 0.3) is 5.91 Å². The number of hydrogen-bond donors (Lipinski definition) is 1. The summed E-state index contributed by atoms with van der Waals surface area (Å²) in [5.41, 5.74) is 0. The van der Waals surface area contributed by atoms with Gasteiger partial charge in [0.2, 0.25) is 10.0 Å². The van der Waals surface area contributed by atoms with Crippen LogP contribution in [-0.2, 0) is 34.2 Å². The highest BCUT2D eigenvalue weighted by molar-refractivity contribution is 7.91. The standard InChI is InChI=1S/C17H23ClN2O7S2/c1-12(17(22)20(2)14-8-10-28(23,24)11-14)27-16(21)7-9-19-29(25,26)15-5-3-13(18)4-6-15/h3-6,12,14,19H,7-11H2,1-2H3. The Labute approximate surface area is 175 Å². The molecule has 0 aliphatic carbocycles. The molecule has 0 radical (unpaired) electrons. The minimum Gasteiger partial charge on any atom is -0.452 e. The summed E-state index contributed by atoms with van der Waals surface area (Å²) in [5, 5.41) is 0.395. The number of nitrogens with zero attached hydrogens (tertiary/aromatic N) is 1. The molecule has 0 saturated carbocycles. The highest BCUT2D eigenvalue weighted by Crippen LogP contribution is 2.18. The van der Waals surface area contributed by atoms with E-state index in [1.165, 1.54) is 43.1 Å². The maximum atomic E-state index is 12.4. The number of carbonyl (C=O) groups excluding carboxylic acids is 2. The molecule has 9 nitrogen and oxygen atoms in total. The van der Waals surface area contributed by atoms with Crippen molar-refractivity contribution in [1.82, 2.24) is 9.62 Å². The molecular weight excluding hydrogens is 444 g/mol. The van der Waals surface area contributed by atoms with Crippen molar-refractivity contribution in [3.05, 3.63) is 29.3 Å². The number of sulfone groups is 1.